The van der Waals surface area contributed by atoms with Crippen molar-refractivity contribution >= 4 is 0 Å². The molecule has 2 aromatic rings. The molecule has 0 fully saturated rings. The van der Waals surface area contributed by atoms with Crippen molar-refractivity contribution in [2.75, 3.05) is 0 Å². The zero-order chi connectivity index (χ0) is 21.4. The summed E-state index contributed by atoms with van der Waals surface area (Å²) in [5.74, 6) is 1.70. The lowest BCUT2D eigenvalue weighted by molar-refractivity contribution is 0.511. The van der Waals surface area contributed by atoms with Crippen LogP contribution in [0, 0.1) is 5.92 Å². The van der Waals surface area contributed by atoms with E-state index in [1.54, 1.807) is 0 Å². The maximum atomic E-state index is 4.60. The summed E-state index contributed by atoms with van der Waals surface area (Å²) in [5.41, 5.74) is 3.82. The number of nitrogens with zero attached hydrogens (tertiary/aromatic N) is 2. The molecule has 0 aliphatic heterocycles. The summed E-state index contributed by atoms with van der Waals surface area (Å²) >= 11 is 0. The average molecular weight is 409 g/mol. The lowest BCUT2D eigenvalue weighted by Crippen LogP contribution is -1.94. The molecular weight excluding hydrogens is 364 g/mol. The number of aryl methyl sites for hydroxylation is 2. The van der Waals surface area contributed by atoms with Crippen LogP contribution in [-0.4, -0.2) is 9.97 Å². The van der Waals surface area contributed by atoms with E-state index in [2.05, 4.69) is 55.0 Å². The normalized spacial score (nSPS) is 11.3. The number of hydrogen-bond donors (Lipinski definition) is 0. The van der Waals surface area contributed by atoms with Crippen molar-refractivity contribution in [1.29, 1.82) is 0 Å². The summed E-state index contributed by atoms with van der Waals surface area (Å²) in [7, 11) is 0. The van der Waals surface area contributed by atoms with E-state index in [4.69, 9.17) is 0 Å². The lowest BCUT2D eigenvalue weighted by atomic mass is 10.0. The summed E-state index contributed by atoms with van der Waals surface area (Å²) in [4.78, 5) is 9.21. The van der Waals surface area contributed by atoms with E-state index in [9.17, 15) is 0 Å². The van der Waals surface area contributed by atoms with E-state index in [-0.39, 0.29) is 0 Å². The maximum Gasteiger partial charge on any atom is 0.159 e. The molecule has 0 aliphatic carbocycles. The molecule has 1 heterocycles. The molecule has 0 saturated carbocycles. The van der Waals surface area contributed by atoms with Crippen LogP contribution in [0.4, 0.5) is 0 Å². The van der Waals surface area contributed by atoms with Crippen molar-refractivity contribution in [1.82, 2.24) is 9.97 Å². The summed E-state index contributed by atoms with van der Waals surface area (Å²) < 4.78 is 0. The van der Waals surface area contributed by atoms with Gasteiger partial charge in [-0.15, -0.1) is 0 Å². The fourth-order valence-electron chi connectivity index (χ4n) is 3.97. The number of unbranched alkanes of at least 4 members (excludes halogenated alkanes) is 9. The van der Waals surface area contributed by atoms with Gasteiger partial charge in [-0.3, -0.25) is 0 Å². The molecule has 1 aromatic heterocycles. The van der Waals surface area contributed by atoms with E-state index in [0.29, 0.717) is 0 Å². The van der Waals surface area contributed by atoms with Crippen LogP contribution >= 0.6 is 0 Å². The highest BCUT2D eigenvalue weighted by atomic mass is 14.9. The molecule has 2 rings (SSSR count). The van der Waals surface area contributed by atoms with Crippen molar-refractivity contribution in [3.05, 3.63) is 47.8 Å². The van der Waals surface area contributed by atoms with Gasteiger partial charge >= 0.3 is 0 Å². The minimum Gasteiger partial charge on any atom is -0.236 e. The van der Waals surface area contributed by atoms with Gasteiger partial charge in [-0.2, -0.15) is 0 Å². The van der Waals surface area contributed by atoms with Gasteiger partial charge in [0.1, 0.15) is 0 Å². The van der Waals surface area contributed by atoms with Gasteiger partial charge in [-0.05, 0) is 42.7 Å². The number of hydrogen-bond acceptors (Lipinski definition) is 2. The highest BCUT2D eigenvalue weighted by molar-refractivity contribution is 5.55. The molecule has 0 bridgehead atoms. The van der Waals surface area contributed by atoms with Gasteiger partial charge in [0, 0.05) is 18.0 Å². The lowest BCUT2D eigenvalue weighted by Gasteiger charge is -2.06. The van der Waals surface area contributed by atoms with E-state index in [0.717, 1.165) is 23.7 Å². The largest absolute Gasteiger partial charge is 0.236 e. The summed E-state index contributed by atoms with van der Waals surface area (Å²) in [6.45, 7) is 6.90. The molecule has 0 N–H and O–H groups in total. The first-order chi connectivity index (χ1) is 14.7. The Morgan fingerprint density at radius 3 is 1.77 bits per heavy atom. The van der Waals surface area contributed by atoms with Crippen LogP contribution in [-0.2, 0) is 12.8 Å². The molecule has 2 nitrogen and oxygen atoms in total. The van der Waals surface area contributed by atoms with Gasteiger partial charge in [-0.25, -0.2) is 9.97 Å². The molecule has 0 atom stereocenters. The Morgan fingerprint density at radius 2 is 1.17 bits per heavy atom. The highest BCUT2D eigenvalue weighted by Gasteiger charge is 2.03. The first-order valence-corrected chi connectivity index (χ1v) is 12.6. The van der Waals surface area contributed by atoms with Crippen molar-refractivity contribution in [3.8, 4) is 11.4 Å². The number of aromatic nitrogens is 2. The van der Waals surface area contributed by atoms with Crippen molar-refractivity contribution in [2.45, 2.75) is 111 Å². The molecule has 30 heavy (non-hydrogen) atoms. The summed E-state index contributed by atoms with van der Waals surface area (Å²) in [6.07, 6.45) is 22.5. The Morgan fingerprint density at radius 1 is 0.633 bits per heavy atom. The van der Waals surface area contributed by atoms with Crippen LogP contribution in [0.2, 0.25) is 0 Å². The average Bonchev–Trinajstić information content (AvgIpc) is 2.76. The van der Waals surface area contributed by atoms with Crippen LogP contribution < -0.4 is 0 Å². The van der Waals surface area contributed by atoms with Crippen molar-refractivity contribution in [2.24, 2.45) is 5.92 Å². The van der Waals surface area contributed by atoms with Gasteiger partial charge < -0.3 is 0 Å². The second-order valence-electron chi connectivity index (χ2n) is 9.33. The smallest absolute Gasteiger partial charge is 0.159 e. The summed E-state index contributed by atoms with van der Waals surface area (Å²) in [6, 6.07) is 8.87. The number of benzene rings is 1. The molecule has 2 heteroatoms. The molecule has 0 saturated heterocycles. The molecule has 0 amide bonds. The summed E-state index contributed by atoms with van der Waals surface area (Å²) in [5, 5.41) is 0. The van der Waals surface area contributed by atoms with Crippen molar-refractivity contribution in [3.63, 3.8) is 0 Å². The van der Waals surface area contributed by atoms with E-state index < -0.39 is 0 Å². The zero-order valence-corrected chi connectivity index (χ0v) is 19.8. The second-order valence-corrected chi connectivity index (χ2v) is 9.33. The Bertz CT molecular complexity index is 658. The zero-order valence-electron chi connectivity index (χ0n) is 19.8. The minimum atomic E-state index is 0.845. The third-order valence-corrected chi connectivity index (χ3v) is 5.98. The maximum absolute atomic E-state index is 4.60. The van der Waals surface area contributed by atoms with E-state index in [1.165, 1.54) is 94.6 Å². The van der Waals surface area contributed by atoms with Crippen LogP contribution in [0.5, 0.6) is 0 Å². The molecular formula is C28H44N2. The SMILES string of the molecule is CCCCCCCc1cnc(-c2ccc(CCCCCCCCC(C)C)cc2)nc1. The molecule has 0 aliphatic rings. The molecule has 0 unspecified atom stereocenters. The Hall–Kier alpha value is -1.70. The third-order valence-electron chi connectivity index (χ3n) is 5.98. The van der Waals surface area contributed by atoms with E-state index in [1.807, 2.05) is 12.4 Å². The Labute approximate surface area is 185 Å². The minimum absolute atomic E-state index is 0.845. The number of rotatable bonds is 16. The van der Waals surface area contributed by atoms with Crippen LogP contribution in [0.15, 0.2) is 36.7 Å². The van der Waals surface area contributed by atoms with Gasteiger partial charge in [-0.1, -0.05) is 109 Å². The van der Waals surface area contributed by atoms with Gasteiger partial charge in [0.25, 0.3) is 0 Å². The first kappa shape index (κ1) is 24.6. The molecule has 166 valence electrons. The van der Waals surface area contributed by atoms with Gasteiger partial charge in [0.2, 0.25) is 0 Å². The Kier molecular flexibility index (Phi) is 12.4. The van der Waals surface area contributed by atoms with Gasteiger partial charge in [0.05, 0.1) is 0 Å². The second kappa shape index (κ2) is 15.2. The van der Waals surface area contributed by atoms with Crippen LogP contribution in [0.1, 0.15) is 109 Å². The fraction of sp³-hybridized carbons (Fsp3) is 0.643. The monoisotopic (exact) mass is 408 g/mol. The molecule has 0 spiro atoms. The van der Waals surface area contributed by atoms with Crippen LogP contribution in [0.25, 0.3) is 11.4 Å². The topological polar surface area (TPSA) is 25.8 Å². The standard InChI is InChI=1S/C28H44N2/c1-4-5-6-9-14-17-26-22-29-28(30-23-26)27-20-18-25(19-21-27)16-13-11-8-7-10-12-15-24(2)3/h18-24H,4-17H2,1-3H3. The van der Waals surface area contributed by atoms with Crippen LogP contribution in [0.3, 0.4) is 0 Å². The van der Waals surface area contributed by atoms with Crippen molar-refractivity contribution < 1.29 is 0 Å². The fourth-order valence-corrected chi connectivity index (χ4v) is 3.97. The Balaban J connectivity index is 1.65. The van der Waals surface area contributed by atoms with Gasteiger partial charge in [0.15, 0.2) is 5.82 Å². The molecule has 1 aromatic carbocycles. The first-order valence-electron chi connectivity index (χ1n) is 12.6. The highest BCUT2D eigenvalue weighted by Crippen LogP contribution is 2.18. The third kappa shape index (κ3) is 10.4. The van der Waals surface area contributed by atoms with E-state index >= 15 is 0 Å². The predicted molar refractivity (Wildman–Crippen MR) is 131 cm³/mol. The quantitative estimate of drug-likeness (QED) is 0.260. The molecule has 0 radical (unpaired) electrons. The predicted octanol–water partition coefficient (Wildman–Crippen LogP) is 8.59.